The van der Waals surface area contributed by atoms with Crippen molar-refractivity contribution in [2.45, 2.75) is 19.5 Å². The van der Waals surface area contributed by atoms with E-state index in [9.17, 15) is 0 Å². The van der Waals surface area contributed by atoms with Gasteiger partial charge < -0.3 is 9.80 Å². The van der Waals surface area contributed by atoms with Crippen molar-refractivity contribution < 1.29 is 0 Å². The molecule has 0 bridgehead atoms. The highest BCUT2D eigenvalue weighted by Gasteiger charge is 2.23. The van der Waals surface area contributed by atoms with Gasteiger partial charge >= 0.3 is 0 Å². The summed E-state index contributed by atoms with van der Waals surface area (Å²) in [7, 11) is 0. The SMILES string of the molecule is Brc1cccc(CN2CCc3nc(N4CCN(c5ncccn5)CC4)ncc3C2)c1. The summed E-state index contributed by atoms with van der Waals surface area (Å²) >= 11 is 3.56. The largest absolute Gasteiger partial charge is 0.337 e. The van der Waals surface area contributed by atoms with Crippen molar-refractivity contribution in [1.29, 1.82) is 0 Å². The van der Waals surface area contributed by atoms with Gasteiger partial charge in [-0.3, -0.25) is 4.90 Å². The molecule has 7 nitrogen and oxygen atoms in total. The van der Waals surface area contributed by atoms with Gasteiger partial charge in [0.05, 0.1) is 5.69 Å². The number of hydrogen-bond acceptors (Lipinski definition) is 7. The van der Waals surface area contributed by atoms with Crippen LogP contribution in [0, 0.1) is 0 Å². The topological polar surface area (TPSA) is 61.3 Å². The number of anilines is 2. The van der Waals surface area contributed by atoms with E-state index in [1.54, 1.807) is 12.4 Å². The molecule has 1 saturated heterocycles. The Labute approximate surface area is 184 Å². The number of piperazine rings is 1. The minimum absolute atomic E-state index is 0.800. The van der Waals surface area contributed by atoms with E-state index in [4.69, 9.17) is 9.97 Å². The summed E-state index contributed by atoms with van der Waals surface area (Å²) in [5, 5.41) is 0. The molecule has 0 aliphatic carbocycles. The highest BCUT2D eigenvalue weighted by atomic mass is 79.9. The Kier molecular flexibility index (Phi) is 5.59. The van der Waals surface area contributed by atoms with Gasteiger partial charge in [-0.1, -0.05) is 28.1 Å². The molecule has 2 aliphatic heterocycles. The Morgan fingerprint density at radius 1 is 0.867 bits per heavy atom. The molecule has 30 heavy (non-hydrogen) atoms. The van der Waals surface area contributed by atoms with E-state index in [-0.39, 0.29) is 0 Å². The number of hydrogen-bond donors (Lipinski definition) is 0. The monoisotopic (exact) mass is 465 g/mol. The zero-order chi connectivity index (χ0) is 20.3. The Hall–Kier alpha value is -2.58. The van der Waals surface area contributed by atoms with Crippen LogP contribution in [0.4, 0.5) is 11.9 Å². The van der Waals surface area contributed by atoms with Gasteiger partial charge in [-0.15, -0.1) is 0 Å². The van der Waals surface area contributed by atoms with Crippen molar-refractivity contribution in [2.24, 2.45) is 0 Å². The van der Waals surface area contributed by atoms with Crippen molar-refractivity contribution in [2.75, 3.05) is 42.5 Å². The van der Waals surface area contributed by atoms with Gasteiger partial charge in [-0.05, 0) is 23.8 Å². The minimum atomic E-state index is 0.800. The van der Waals surface area contributed by atoms with Gasteiger partial charge in [0.15, 0.2) is 0 Å². The number of aromatic nitrogens is 4. The van der Waals surface area contributed by atoms with E-state index in [2.05, 4.69) is 64.9 Å². The summed E-state index contributed by atoms with van der Waals surface area (Å²) < 4.78 is 1.13. The lowest BCUT2D eigenvalue weighted by atomic mass is 10.1. The van der Waals surface area contributed by atoms with Crippen LogP contribution in [-0.4, -0.2) is 57.6 Å². The predicted octanol–water partition coefficient (Wildman–Crippen LogP) is 2.91. The highest BCUT2D eigenvalue weighted by Crippen LogP contribution is 2.22. The number of halogens is 1. The van der Waals surface area contributed by atoms with E-state index < -0.39 is 0 Å². The molecule has 0 radical (unpaired) electrons. The normalized spacial score (nSPS) is 17.1. The van der Waals surface area contributed by atoms with Gasteiger partial charge in [0, 0.05) is 80.9 Å². The smallest absolute Gasteiger partial charge is 0.225 e. The van der Waals surface area contributed by atoms with Crippen LogP contribution in [0.15, 0.2) is 53.4 Å². The number of nitrogens with zero attached hydrogens (tertiary/aromatic N) is 7. The molecule has 4 heterocycles. The molecule has 8 heteroatoms. The summed E-state index contributed by atoms with van der Waals surface area (Å²) in [6.07, 6.45) is 6.58. The Morgan fingerprint density at radius 2 is 1.63 bits per heavy atom. The highest BCUT2D eigenvalue weighted by molar-refractivity contribution is 9.10. The molecule has 1 aromatic carbocycles. The molecule has 154 valence electrons. The van der Waals surface area contributed by atoms with E-state index in [0.717, 1.165) is 68.6 Å². The summed E-state index contributed by atoms with van der Waals surface area (Å²) in [4.78, 5) is 25.3. The third-order valence-corrected chi connectivity index (χ3v) is 6.19. The molecule has 0 saturated carbocycles. The first-order valence-electron chi connectivity index (χ1n) is 10.3. The Balaban J connectivity index is 1.22. The van der Waals surface area contributed by atoms with Crippen molar-refractivity contribution in [3.05, 3.63) is 70.2 Å². The maximum Gasteiger partial charge on any atom is 0.225 e. The van der Waals surface area contributed by atoms with Crippen LogP contribution in [0.1, 0.15) is 16.8 Å². The molecular weight excluding hydrogens is 442 g/mol. The zero-order valence-corrected chi connectivity index (χ0v) is 18.4. The van der Waals surface area contributed by atoms with E-state index in [1.807, 2.05) is 12.3 Å². The molecule has 5 rings (SSSR count). The lowest BCUT2D eigenvalue weighted by Gasteiger charge is -2.35. The number of rotatable bonds is 4. The molecule has 0 atom stereocenters. The van der Waals surface area contributed by atoms with Crippen LogP contribution in [0.5, 0.6) is 0 Å². The average molecular weight is 466 g/mol. The first-order chi connectivity index (χ1) is 14.7. The molecule has 2 aromatic heterocycles. The van der Waals surface area contributed by atoms with Crippen LogP contribution < -0.4 is 9.80 Å². The van der Waals surface area contributed by atoms with Crippen LogP contribution >= 0.6 is 15.9 Å². The predicted molar refractivity (Wildman–Crippen MR) is 120 cm³/mol. The van der Waals surface area contributed by atoms with Crippen molar-refractivity contribution >= 4 is 27.8 Å². The Bertz CT molecular complexity index is 1010. The first-order valence-corrected chi connectivity index (χ1v) is 11.1. The van der Waals surface area contributed by atoms with Gasteiger partial charge in [0.1, 0.15) is 0 Å². The molecule has 1 fully saturated rings. The maximum absolute atomic E-state index is 4.92. The van der Waals surface area contributed by atoms with E-state index in [1.165, 1.54) is 16.8 Å². The van der Waals surface area contributed by atoms with Crippen LogP contribution in [0.25, 0.3) is 0 Å². The third-order valence-electron chi connectivity index (χ3n) is 5.69. The third kappa shape index (κ3) is 4.29. The molecule has 0 N–H and O–H groups in total. The van der Waals surface area contributed by atoms with Crippen LogP contribution in [0.2, 0.25) is 0 Å². The maximum atomic E-state index is 4.92. The standard InChI is InChI=1S/C22H24BrN7/c23-19-4-1-3-17(13-19)15-28-8-5-20-18(16-28)14-26-22(27-20)30-11-9-29(10-12-30)21-24-6-2-7-25-21/h1-4,6-7,13-14H,5,8-12,15-16H2. The fraction of sp³-hybridized carbons (Fsp3) is 0.364. The van der Waals surface area contributed by atoms with Crippen molar-refractivity contribution in [3.63, 3.8) is 0 Å². The Morgan fingerprint density at radius 3 is 2.40 bits per heavy atom. The lowest BCUT2D eigenvalue weighted by molar-refractivity contribution is 0.243. The summed E-state index contributed by atoms with van der Waals surface area (Å²) in [6.45, 7) is 6.40. The van der Waals surface area contributed by atoms with Crippen LogP contribution in [-0.2, 0) is 19.5 Å². The second-order valence-corrected chi connectivity index (χ2v) is 8.67. The number of fused-ring (bicyclic) bond motifs is 1. The molecule has 2 aliphatic rings. The average Bonchev–Trinajstić information content (AvgIpc) is 2.79. The summed E-state index contributed by atoms with van der Waals surface area (Å²) in [6, 6.07) is 10.4. The summed E-state index contributed by atoms with van der Waals surface area (Å²) in [5.41, 5.74) is 3.77. The van der Waals surface area contributed by atoms with E-state index >= 15 is 0 Å². The quantitative estimate of drug-likeness (QED) is 0.586. The zero-order valence-electron chi connectivity index (χ0n) is 16.8. The molecule has 0 spiro atoms. The fourth-order valence-electron chi connectivity index (χ4n) is 4.11. The second kappa shape index (κ2) is 8.65. The van der Waals surface area contributed by atoms with Gasteiger partial charge in [0.25, 0.3) is 0 Å². The first kappa shape index (κ1) is 19.4. The van der Waals surface area contributed by atoms with E-state index in [0.29, 0.717) is 0 Å². The minimum Gasteiger partial charge on any atom is -0.337 e. The molecule has 0 unspecified atom stereocenters. The molecule has 0 amide bonds. The fourth-order valence-corrected chi connectivity index (χ4v) is 4.55. The van der Waals surface area contributed by atoms with Gasteiger partial charge in [0.2, 0.25) is 11.9 Å². The summed E-state index contributed by atoms with van der Waals surface area (Å²) in [5.74, 6) is 1.65. The van der Waals surface area contributed by atoms with Gasteiger partial charge in [-0.25, -0.2) is 19.9 Å². The second-order valence-electron chi connectivity index (χ2n) is 7.76. The van der Waals surface area contributed by atoms with Crippen LogP contribution in [0.3, 0.4) is 0 Å². The molecular formula is C22H24BrN7. The lowest BCUT2D eigenvalue weighted by Crippen LogP contribution is -2.47. The van der Waals surface area contributed by atoms with Gasteiger partial charge in [-0.2, -0.15) is 0 Å². The molecule has 3 aromatic rings. The van der Waals surface area contributed by atoms with Crippen molar-refractivity contribution in [1.82, 2.24) is 24.8 Å². The number of benzene rings is 1. The van der Waals surface area contributed by atoms with Crippen molar-refractivity contribution in [3.8, 4) is 0 Å².